The van der Waals surface area contributed by atoms with Gasteiger partial charge in [-0.15, -0.1) is 0 Å². The van der Waals surface area contributed by atoms with Crippen molar-refractivity contribution in [2.45, 2.75) is 31.2 Å². The molecule has 152 valence electrons. The molecule has 0 aliphatic heterocycles. The number of hydrogen-bond acceptors (Lipinski definition) is 4. The van der Waals surface area contributed by atoms with Crippen molar-refractivity contribution in [1.82, 2.24) is 4.72 Å². The first-order valence-corrected chi connectivity index (χ1v) is 9.51. The summed E-state index contributed by atoms with van der Waals surface area (Å²) < 4.78 is 72.8. The minimum absolute atomic E-state index is 0.00712. The highest BCUT2D eigenvalue weighted by molar-refractivity contribution is 7.89. The number of benzene rings is 2. The second-order valence-corrected chi connectivity index (χ2v) is 8.55. The third kappa shape index (κ3) is 4.82. The molecule has 2 rings (SSSR count). The first kappa shape index (κ1) is 21.7. The first-order chi connectivity index (χ1) is 12.9. The predicted octanol–water partition coefficient (Wildman–Crippen LogP) is 3.44. The molecule has 0 heterocycles. The molecule has 2 N–H and O–H groups in total. The Morgan fingerprint density at radius 2 is 1.68 bits per heavy atom. The molecule has 1 amide bonds. The van der Waals surface area contributed by atoms with E-state index in [1.165, 1.54) is 19.2 Å². The lowest BCUT2D eigenvalue weighted by Crippen LogP contribution is -2.40. The number of rotatable bonds is 5. The van der Waals surface area contributed by atoms with Crippen LogP contribution in [0.4, 0.5) is 18.9 Å². The van der Waals surface area contributed by atoms with Gasteiger partial charge in [0.25, 0.3) is 5.91 Å². The van der Waals surface area contributed by atoms with E-state index in [9.17, 15) is 26.4 Å². The summed E-state index contributed by atoms with van der Waals surface area (Å²) in [5.41, 5.74) is -1.53. The van der Waals surface area contributed by atoms with Gasteiger partial charge in [-0.25, -0.2) is 26.3 Å². The maximum Gasteiger partial charge on any atom is 0.255 e. The number of anilines is 1. The third-order valence-electron chi connectivity index (χ3n) is 3.44. The van der Waals surface area contributed by atoms with Crippen LogP contribution < -0.4 is 14.8 Å². The van der Waals surface area contributed by atoms with Gasteiger partial charge in [-0.3, -0.25) is 4.79 Å². The Kier molecular flexibility index (Phi) is 6.05. The van der Waals surface area contributed by atoms with E-state index in [0.717, 1.165) is 12.1 Å². The van der Waals surface area contributed by atoms with Crippen molar-refractivity contribution in [1.29, 1.82) is 0 Å². The Hall–Kier alpha value is -2.59. The minimum Gasteiger partial charge on any atom is -0.495 e. The second kappa shape index (κ2) is 7.80. The summed E-state index contributed by atoms with van der Waals surface area (Å²) in [5.74, 6) is -5.62. The highest BCUT2D eigenvalue weighted by Crippen LogP contribution is 2.27. The number of halogens is 3. The van der Waals surface area contributed by atoms with E-state index in [4.69, 9.17) is 4.74 Å². The zero-order valence-electron chi connectivity index (χ0n) is 15.6. The van der Waals surface area contributed by atoms with Crippen molar-refractivity contribution < 1.29 is 31.1 Å². The second-order valence-electron chi connectivity index (χ2n) is 6.90. The maximum absolute atomic E-state index is 13.8. The zero-order chi connectivity index (χ0) is 21.3. The van der Waals surface area contributed by atoms with E-state index in [-0.39, 0.29) is 16.2 Å². The van der Waals surface area contributed by atoms with Crippen LogP contribution in [0.25, 0.3) is 0 Å². The van der Waals surface area contributed by atoms with Crippen LogP contribution in [-0.2, 0) is 10.0 Å². The molecule has 28 heavy (non-hydrogen) atoms. The third-order valence-corrected chi connectivity index (χ3v) is 5.22. The smallest absolute Gasteiger partial charge is 0.255 e. The van der Waals surface area contributed by atoms with Crippen molar-refractivity contribution in [2.75, 3.05) is 12.4 Å². The normalized spacial score (nSPS) is 12.0. The molecule has 0 radical (unpaired) electrons. The van der Waals surface area contributed by atoms with Crippen LogP contribution in [0, 0.1) is 17.5 Å². The molecule has 0 saturated heterocycles. The fraction of sp³-hybridized carbons (Fsp3) is 0.278. The van der Waals surface area contributed by atoms with E-state index in [1.54, 1.807) is 20.8 Å². The summed E-state index contributed by atoms with van der Waals surface area (Å²) in [6.45, 7) is 4.92. The molecule has 2 aromatic rings. The molecule has 0 aliphatic rings. The Morgan fingerprint density at radius 1 is 1.04 bits per heavy atom. The molecule has 0 atom stereocenters. The number of methoxy groups -OCH3 is 1. The van der Waals surface area contributed by atoms with Crippen LogP contribution in [0.2, 0.25) is 0 Å². The Morgan fingerprint density at radius 3 is 2.25 bits per heavy atom. The van der Waals surface area contributed by atoms with Gasteiger partial charge < -0.3 is 10.1 Å². The van der Waals surface area contributed by atoms with Crippen LogP contribution in [0.3, 0.4) is 0 Å². The summed E-state index contributed by atoms with van der Waals surface area (Å²) in [5, 5.41) is 2.08. The maximum atomic E-state index is 13.8. The average molecular weight is 416 g/mol. The molecular formula is C18H19F3N2O4S. The van der Waals surface area contributed by atoms with Crippen molar-refractivity contribution >= 4 is 21.6 Å². The first-order valence-electron chi connectivity index (χ1n) is 8.02. The van der Waals surface area contributed by atoms with Crippen molar-refractivity contribution in [3.8, 4) is 5.75 Å². The van der Waals surface area contributed by atoms with Gasteiger partial charge >= 0.3 is 0 Å². The van der Waals surface area contributed by atoms with Gasteiger partial charge in [0.1, 0.15) is 10.6 Å². The van der Waals surface area contributed by atoms with E-state index in [0.29, 0.717) is 6.07 Å². The van der Waals surface area contributed by atoms with Gasteiger partial charge in [-0.1, -0.05) is 0 Å². The molecule has 0 unspecified atom stereocenters. The van der Waals surface area contributed by atoms with Crippen LogP contribution in [-0.4, -0.2) is 27.0 Å². The van der Waals surface area contributed by atoms with Gasteiger partial charge in [0, 0.05) is 11.1 Å². The molecule has 6 nitrogen and oxygen atoms in total. The lowest BCUT2D eigenvalue weighted by atomic mass is 10.1. The monoisotopic (exact) mass is 416 g/mol. The Bertz CT molecular complexity index is 1020. The number of ether oxygens (including phenoxy) is 1. The highest BCUT2D eigenvalue weighted by Gasteiger charge is 2.26. The van der Waals surface area contributed by atoms with Gasteiger partial charge in [-0.05, 0) is 51.1 Å². The van der Waals surface area contributed by atoms with Crippen LogP contribution in [0.15, 0.2) is 35.2 Å². The largest absolute Gasteiger partial charge is 0.495 e. The quantitative estimate of drug-likeness (QED) is 0.732. The zero-order valence-corrected chi connectivity index (χ0v) is 16.4. The van der Waals surface area contributed by atoms with Crippen LogP contribution >= 0.6 is 0 Å². The number of hydrogen-bond donors (Lipinski definition) is 2. The molecule has 0 aliphatic carbocycles. The highest BCUT2D eigenvalue weighted by atomic mass is 32.2. The molecule has 0 spiro atoms. The topological polar surface area (TPSA) is 84.5 Å². The summed E-state index contributed by atoms with van der Waals surface area (Å²) in [7, 11) is -2.78. The predicted molar refractivity (Wildman–Crippen MR) is 97.3 cm³/mol. The lowest BCUT2D eigenvalue weighted by molar-refractivity contribution is 0.102. The summed E-state index contributed by atoms with van der Waals surface area (Å²) >= 11 is 0. The minimum atomic E-state index is -4.05. The van der Waals surface area contributed by atoms with Crippen LogP contribution in [0.5, 0.6) is 5.75 Å². The lowest BCUT2D eigenvalue weighted by Gasteiger charge is -2.21. The van der Waals surface area contributed by atoms with Crippen LogP contribution in [0.1, 0.15) is 31.1 Å². The number of carbonyl (C=O) groups is 1. The number of nitrogens with one attached hydrogen (secondary N) is 2. The molecule has 0 saturated carbocycles. The summed E-state index contributed by atoms with van der Waals surface area (Å²) in [6, 6.07) is 5.06. The van der Waals surface area contributed by atoms with Crippen molar-refractivity contribution in [3.63, 3.8) is 0 Å². The van der Waals surface area contributed by atoms with Gasteiger partial charge in [0.05, 0.1) is 12.8 Å². The molecule has 0 fully saturated rings. The van der Waals surface area contributed by atoms with Gasteiger partial charge in [0.15, 0.2) is 17.5 Å². The molecular weight excluding hydrogens is 397 g/mol. The van der Waals surface area contributed by atoms with Gasteiger partial charge in [0.2, 0.25) is 10.0 Å². The van der Waals surface area contributed by atoms with E-state index >= 15 is 0 Å². The summed E-state index contributed by atoms with van der Waals surface area (Å²) in [4.78, 5) is 12.1. The van der Waals surface area contributed by atoms with E-state index < -0.39 is 44.6 Å². The molecule has 0 bridgehead atoms. The molecule has 2 aromatic carbocycles. The number of amides is 1. The van der Waals surface area contributed by atoms with Crippen molar-refractivity contribution in [3.05, 3.63) is 53.3 Å². The number of carbonyl (C=O) groups excluding carboxylic acids is 1. The van der Waals surface area contributed by atoms with E-state index in [2.05, 4.69) is 10.0 Å². The fourth-order valence-electron chi connectivity index (χ4n) is 2.30. The van der Waals surface area contributed by atoms with Crippen molar-refractivity contribution in [2.24, 2.45) is 0 Å². The average Bonchev–Trinajstić information content (AvgIpc) is 2.59. The van der Waals surface area contributed by atoms with Gasteiger partial charge in [-0.2, -0.15) is 0 Å². The molecule has 0 aromatic heterocycles. The summed E-state index contributed by atoms with van der Waals surface area (Å²) in [6.07, 6.45) is 0. The Labute approximate surface area is 160 Å². The standard InChI is InChI=1S/C18H19F3N2O4S/c1-18(2,3)23-28(25,26)14-9-10(5-8-13(14)27-4)17(24)22-12-7-6-11(19)15(20)16(12)21/h5-9,23H,1-4H3,(H,22,24). The fourth-order valence-corrected chi connectivity index (χ4v) is 3.92. The number of sulfonamides is 1. The SMILES string of the molecule is COc1ccc(C(=O)Nc2ccc(F)c(F)c2F)cc1S(=O)(=O)NC(C)(C)C. The van der Waals surface area contributed by atoms with E-state index in [1.807, 2.05) is 0 Å². The Balaban J connectivity index is 2.42. The molecule has 10 heteroatoms.